The minimum absolute atomic E-state index is 0. The molecule has 0 unspecified atom stereocenters. The molecule has 0 aliphatic rings. The number of rotatable bonds is 0. The van der Waals surface area contributed by atoms with Gasteiger partial charge in [0.15, 0.2) is 0 Å². The summed E-state index contributed by atoms with van der Waals surface area (Å²) in [6.07, 6.45) is 0. The van der Waals surface area contributed by atoms with Crippen LogP contribution < -0.4 is 0 Å². The summed E-state index contributed by atoms with van der Waals surface area (Å²) >= 11 is 0. The van der Waals surface area contributed by atoms with E-state index >= 15 is 0 Å². The van der Waals surface area contributed by atoms with Crippen LogP contribution in [0.5, 0.6) is 0 Å². The summed E-state index contributed by atoms with van der Waals surface area (Å²) < 4.78 is 102. The van der Waals surface area contributed by atoms with Crippen LogP contribution in [0, 0.1) is 41.7 Å². The van der Waals surface area contributed by atoms with Crippen LogP contribution in [0.3, 0.4) is 0 Å². The molecule has 0 saturated heterocycles. The van der Waals surface area contributed by atoms with E-state index in [1.807, 2.05) is 0 Å². The Balaban J connectivity index is -0.0000000655. The zero-order valence-electron chi connectivity index (χ0n) is 6.62. The Hall–Kier alpha value is 0.987. The predicted molar refractivity (Wildman–Crippen MR) is 31.4 cm³/mol. The van der Waals surface area contributed by atoms with Crippen molar-refractivity contribution in [3.05, 3.63) is 0 Å². The quantitative estimate of drug-likeness (QED) is 0.264. The molecule has 0 N–H and O–H groups in total. The van der Waals surface area contributed by atoms with Gasteiger partial charge >= 0.3 is 0 Å². The first-order chi connectivity index (χ1) is 6.00. The van der Waals surface area contributed by atoms with Gasteiger partial charge < -0.3 is 27.3 Å². The van der Waals surface area contributed by atoms with E-state index in [-0.39, 0.29) is 41.7 Å². The third-order valence-electron chi connectivity index (χ3n) is 0. The fourth-order valence-electron chi connectivity index (χ4n) is 0. The van der Waals surface area contributed by atoms with Gasteiger partial charge in [-0.3, -0.25) is 25.3 Å². The van der Waals surface area contributed by atoms with Crippen molar-refractivity contribution in [2.45, 2.75) is 0 Å². The van der Waals surface area contributed by atoms with Crippen molar-refractivity contribution in [3.63, 3.8) is 0 Å². The van der Waals surface area contributed by atoms with Crippen LogP contribution >= 0.6 is 0 Å². The van der Waals surface area contributed by atoms with Crippen molar-refractivity contribution in [3.8, 4) is 0 Å². The minimum Gasteiger partial charge on any atom is -0.759 e. The standard InChI is InChI=1S/Ce.3H2O4S/c;3*1-5(2,3)4/h;3*(H2,1,2,3,4)/p-6. The summed E-state index contributed by atoms with van der Waals surface area (Å²) in [4.78, 5) is 0. The van der Waals surface area contributed by atoms with Gasteiger partial charge in [-0.1, -0.05) is 0 Å². The summed E-state index contributed by atoms with van der Waals surface area (Å²) in [6.45, 7) is 0. The Morgan fingerprint density at radius 3 is 0.438 bits per heavy atom. The van der Waals surface area contributed by atoms with Crippen molar-refractivity contribution in [2.24, 2.45) is 0 Å². The topological polar surface area (TPSA) is 241 Å². The molecule has 0 aromatic heterocycles. The van der Waals surface area contributed by atoms with Gasteiger partial charge in [-0.25, -0.2) is 0 Å². The van der Waals surface area contributed by atoms with Crippen LogP contribution in [-0.2, 0) is 31.2 Å². The molecule has 0 spiro atoms. The second-order valence-electron chi connectivity index (χ2n) is 1.22. The monoisotopic (exact) mass is 428 g/mol. The Kier molecular flexibility index (Phi) is 16.0. The fraction of sp³-hybridized carbons (Fsp3) is 0. The van der Waals surface area contributed by atoms with Crippen molar-refractivity contribution in [2.75, 3.05) is 0 Å². The molecule has 0 amide bonds. The van der Waals surface area contributed by atoms with E-state index < -0.39 is 31.2 Å². The van der Waals surface area contributed by atoms with Crippen molar-refractivity contribution < 1.29 is 94.3 Å². The molecule has 0 rings (SSSR count). The van der Waals surface area contributed by atoms with E-state index in [0.717, 1.165) is 0 Å². The van der Waals surface area contributed by atoms with E-state index in [2.05, 4.69) is 0 Å². The molecular weight excluding hydrogens is 428 g/mol. The molecule has 0 aliphatic heterocycles. The van der Waals surface area contributed by atoms with Gasteiger partial charge in [-0.2, -0.15) is 0 Å². The summed E-state index contributed by atoms with van der Waals surface area (Å²) in [6, 6.07) is 0. The van der Waals surface area contributed by atoms with E-state index in [4.69, 9.17) is 52.6 Å². The molecule has 16 heteroatoms. The van der Waals surface area contributed by atoms with Crippen LogP contribution in [0.1, 0.15) is 0 Å². The molecule has 0 heterocycles. The summed E-state index contributed by atoms with van der Waals surface area (Å²) in [7, 11) is -15.5. The van der Waals surface area contributed by atoms with Crippen LogP contribution in [0.4, 0.5) is 0 Å². The van der Waals surface area contributed by atoms with Crippen molar-refractivity contribution >= 4 is 31.2 Å². The normalized spacial score (nSPS) is 10.9. The van der Waals surface area contributed by atoms with E-state index in [9.17, 15) is 0 Å². The number of hydrogen-bond acceptors (Lipinski definition) is 12. The van der Waals surface area contributed by atoms with Crippen LogP contribution in [-0.4, -0.2) is 52.6 Å². The second kappa shape index (κ2) is 9.96. The average Bonchev–Trinajstić information content (AvgIpc) is 1.41. The smallest absolute Gasteiger partial charge is 0.0311 e. The van der Waals surface area contributed by atoms with E-state index in [1.165, 1.54) is 0 Å². The minimum atomic E-state index is -5.17. The van der Waals surface area contributed by atoms with Gasteiger partial charge in [0.25, 0.3) is 0 Å². The van der Waals surface area contributed by atoms with Crippen LogP contribution in [0.15, 0.2) is 0 Å². The molecule has 0 saturated carbocycles. The summed E-state index contributed by atoms with van der Waals surface area (Å²) in [5, 5.41) is 0. The molecular formula is CeO12S3-6. The third kappa shape index (κ3) is 3010. The second-order valence-corrected chi connectivity index (χ2v) is 3.67. The Labute approximate surface area is 124 Å². The molecule has 16 heavy (non-hydrogen) atoms. The van der Waals surface area contributed by atoms with Crippen molar-refractivity contribution in [1.82, 2.24) is 0 Å². The maximum absolute atomic E-state index is 8.52. The zero-order valence-corrected chi connectivity index (χ0v) is 12.2. The van der Waals surface area contributed by atoms with E-state index in [0.29, 0.717) is 0 Å². The Morgan fingerprint density at radius 1 is 0.438 bits per heavy atom. The van der Waals surface area contributed by atoms with Gasteiger partial charge in [0, 0.05) is 72.9 Å². The first-order valence-electron chi connectivity index (χ1n) is 2.00. The molecule has 0 bridgehead atoms. The predicted octanol–water partition coefficient (Wildman–Crippen LogP) is -4.01. The molecule has 12 nitrogen and oxygen atoms in total. The van der Waals surface area contributed by atoms with Gasteiger partial charge in [0.2, 0.25) is 0 Å². The zero-order chi connectivity index (χ0) is 13.5. The largest absolute Gasteiger partial charge is 0.759 e. The molecule has 0 atom stereocenters. The van der Waals surface area contributed by atoms with Crippen LogP contribution in [0.25, 0.3) is 0 Å². The van der Waals surface area contributed by atoms with Gasteiger partial charge in [0.05, 0.1) is 0 Å². The molecule has 0 aromatic rings. The van der Waals surface area contributed by atoms with Gasteiger partial charge in [0.1, 0.15) is 0 Å². The SMILES string of the molecule is O=S(=O)([O-])[O-].O=S(=O)([O-])[O-].O=S(=O)([O-])[O-].[Ce]. The number of hydrogen-bond donors (Lipinski definition) is 0. The molecule has 0 aromatic carbocycles. The maximum atomic E-state index is 8.52. The molecule has 0 fully saturated rings. The van der Waals surface area contributed by atoms with Gasteiger partial charge in [-0.15, -0.1) is 0 Å². The Bertz CT molecular complexity index is 337. The first-order valence-corrected chi connectivity index (χ1v) is 6.00. The fourth-order valence-corrected chi connectivity index (χ4v) is 0. The molecule has 0 radical (unpaired) electrons. The summed E-state index contributed by atoms with van der Waals surface area (Å²) in [5.41, 5.74) is 0. The van der Waals surface area contributed by atoms with Crippen LogP contribution in [0.2, 0.25) is 0 Å². The summed E-state index contributed by atoms with van der Waals surface area (Å²) in [5.74, 6) is 0. The first kappa shape index (κ1) is 25.7. The van der Waals surface area contributed by atoms with Crippen molar-refractivity contribution in [1.29, 1.82) is 0 Å². The Morgan fingerprint density at radius 2 is 0.438 bits per heavy atom. The molecule has 0 aliphatic carbocycles. The van der Waals surface area contributed by atoms with E-state index in [1.54, 1.807) is 0 Å². The van der Waals surface area contributed by atoms with Gasteiger partial charge in [-0.05, 0) is 0 Å². The molecule has 100 valence electrons. The third-order valence-corrected chi connectivity index (χ3v) is 0. The average molecular weight is 428 g/mol. The maximum Gasteiger partial charge on any atom is 0.0311 e.